The first kappa shape index (κ1) is 16.7. The first-order valence-electron chi connectivity index (χ1n) is 6.46. The van der Waals surface area contributed by atoms with E-state index in [-0.39, 0.29) is 11.4 Å². The monoisotopic (exact) mass is 250 g/mol. The fourth-order valence-corrected chi connectivity index (χ4v) is 1.75. The number of carbonyl (C=O) groups is 1. The average molecular weight is 250 g/mol. The van der Waals surface area contributed by atoms with E-state index in [0.717, 1.165) is 12.8 Å². The Hall–Kier alpha value is -1.31. The SMILES string of the molecule is C=CC(C)(CCC=C(C)C)CC(=C)C(=O)OCC. The summed E-state index contributed by atoms with van der Waals surface area (Å²) in [6, 6.07) is 0. The summed E-state index contributed by atoms with van der Waals surface area (Å²) in [5.41, 5.74) is 1.73. The predicted molar refractivity (Wildman–Crippen MR) is 77.4 cm³/mol. The molecule has 0 N–H and O–H groups in total. The van der Waals surface area contributed by atoms with Crippen LogP contribution in [0.3, 0.4) is 0 Å². The number of hydrogen-bond acceptors (Lipinski definition) is 2. The Morgan fingerprint density at radius 2 is 2.00 bits per heavy atom. The molecule has 0 fully saturated rings. The van der Waals surface area contributed by atoms with Crippen LogP contribution in [0.5, 0.6) is 0 Å². The summed E-state index contributed by atoms with van der Waals surface area (Å²) in [5.74, 6) is -0.298. The van der Waals surface area contributed by atoms with Crippen LogP contribution in [0.4, 0.5) is 0 Å². The van der Waals surface area contributed by atoms with Crippen molar-refractivity contribution in [2.75, 3.05) is 6.61 Å². The van der Waals surface area contributed by atoms with Crippen molar-refractivity contribution in [3.8, 4) is 0 Å². The summed E-state index contributed by atoms with van der Waals surface area (Å²) in [7, 11) is 0. The lowest BCUT2D eigenvalue weighted by Gasteiger charge is -2.25. The lowest BCUT2D eigenvalue weighted by atomic mass is 9.79. The van der Waals surface area contributed by atoms with Crippen molar-refractivity contribution in [1.29, 1.82) is 0 Å². The molecule has 1 unspecified atom stereocenters. The highest BCUT2D eigenvalue weighted by molar-refractivity contribution is 5.87. The Morgan fingerprint density at radius 3 is 2.44 bits per heavy atom. The summed E-state index contributed by atoms with van der Waals surface area (Å²) < 4.78 is 4.95. The van der Waals surface area contributed by atoms with Gasteiger partial charge in [0, 0.05) is 5.57 Å². The van der Waals surface area contributed by atoms with Crippen LogP contribution < -0.4 is 0 Å². The third-order valence-electron chi connectivity index (χ3n) is 2.94. The van der Waals surface area contributed by atoms with Gasteiger partial charge in [0.25, 0.3) is 0 Å². The molecule has 2 heteroatoms. The molecule has 0 saturated carbocycles. The maximum atomic E-state index is 11.6. The van der Waals surface area contributed by atoms with Crippen LogP contribution in [0.2, 0.25) is 0 Å². The molecular formula is C16H26O2. The fourth-order valence-electron chi connectivity index (χ4n) is 1.75. The largest absolute Gasteiger partial charge is 0.463 e. The summed E-state index contributed by atoms with van der Waals surface area (Å²) in [6.45, 7) is 16.1. The summed E-state index contributed by atoms with van der Waals surface area (Å²) in [4.78, 5) is 11.6. The van der Waals surface area contributed by atoms with Crippen LogP contribution in [0, 0.1) is 5.41 Å². The first-order valence-corrected chi connectivity index (χ1v) is 6.46. The second-order valence-electron chi connectivity index (χ2n) is 5.18. The molecule has 2 nitrogen and oxygen atoms in total. The minimum Gasteiger partial charge on any atom is -0.463 e. The van der Waals surface area contributed by atoms with Gasteiger partial charge in [0.15, 0.2) is 0 Å². The van der Waals surface area contributed by atoms with Gasteiger partial charge in [0.2, 0.25) is 0 Å². The van der Waals surface area contributed by atoms with Gasteiger partial charge in [0.1, 0.15) is 0 Å². The van der Waals surface area contributed by atoms with E-state index in [4.69, 9.17) is 4.74 Å². The van der Waals surface area contributed by atoms with Crippen molar-refractivity contribution in [3.63, 3.8) is 0 Å². The Kier molecular flexibility index (Phi) is 7.33. The van der Waals surface area contributed by atoms with Gasteiger partial charge in [-0.25, -0.2) is 4.79 Å². The fraction of sp³-hybridized carbons (Fsp3) is 0.562. The Bertz CT molecular complexity index is 335. The number of hydrogen-bond donors (Lipinski definition) is 0. The molecule has 0 radical (unpaired) electrons. The van der Waals surface area contributed by atoms with Crippen molar-refractivity contribution in [2.24, 2.45) is 5.41 Å². The molecule has 0 amide bonds. The van der Waals surface area contributed by atoms with E-state index in [1.807, 2.05) is 6.08 Å². The number of esters is 1. The first-order chi connectivity index (χ1) is 8.34. The molecule has 0 aromatic carbocycles. The van der Waals surface area contributed by atoms with E-state index in [2.05, 4.69) is 40.0 Å². The molecule has 1 atom stereocenters. The third-order valence-corrected chi connectivity index (χ3v) is 2.94. The van der Waals surface area contributed by atoms with E-state index in [1.165, 1.54) is 5.57 Å². The van der Waals surface area contributed by atoms with Gasteiger partial charge in [-0.2, -0.15) is 0 Å². The van der Waals surface area contributed by atoms with Crippen molar-refractivity contribution in [2.45, 2.75) is 47.0 Å². The van der Waals surface area contributed by atoms with E-state index < -0.39 is 0 Å². The van der Waals surface area contributed by atoms with Crippen LogP contribution in [0.15, 0.2) is 36.5 Å². The number of rotatable bonds is 8. The maximum Gasteiger partial charge on any atom is 0.333 e. The highest BCUT2D eigenvalue weighted by Gasteiger charge is 2.23. The zero-order valence-electron chi connectivity index (χ0n) is 12.2. The van der Waals surface area contributed by atoms with Gasteiger partial charge in [-0.1, -0.05) is 31.2 Å². The second kappa shape index (κ2) is 7.91. The molecule has 18 heavy (non-hydrogen) atoms. The van der Waals surface area contributed by atoms with Crippen LogP contribution >= 0.6 is 0 Å². The Labute approximate surface area is 111 Å². The predicted octanol–water partition coefficient (Wildman–Crippen LogP) is 4.43. The van der Waals surface area contributed by atoms with Crippen molar-refractivity contribution in [1.82, 2.24) is 0 Å². The minimum atomic E-state index is -0.298. The van der Waals surface area contributed by atoms with Crippen molar-refractivity contribution in [3.05, 3.63) is 36.5 Å². The summed E-state index contributed by atoms with van der Waals surface area (Å²) >= 11 is 0. The highest BCUT2D eigenvalue weighted by Crippen LogP contribution is 2.32. The van der Waals surface area contributed by atoms with Gasteiger partial charge >= 0.3 is 5.97 Å². The normalized spacial score (nSPS) is 13.3. The molecule has 0 aliphatic rings. The van der Waals surface area contributed by atoms with Crippen LogP contribution in [-0.2, 0) is 9.53 Å². The topological polar surface area (TPSA) is 26.3 Å². The van der Waals surface area contributed by atoms with Gasteiger partial charge in [-0.3, -0.25) is 0 Å². The minimum absolute atomic E-state index is 0.101. The molecule has 0 aliphatic heterocycles. The van der Waals surface area contributed by atoms with Gasteiger partial charge in [-0.15, -0.1) is 6.58 Å². The molecule has 0 bridgehead atoms. The molecule has 102 valence electrons. The maximum absolute atomic E-state index is 11.6. The molecule has 0 spiro atoms. The average Bonchev–Trinajstić information content (AvgIpc) is 2.28. The molecule has 0 saturated heterocycles. The zero-order chi connectivity index (χ0) is 14.2. The van der Waals surface area contributed by atoms with Crippen LogP contribution in [-0.4, -0.2) is 12.6 Å². The molecule has 0 aromatic rings. The zero-order valence-corrected chi connectivity index (χ0v) is 12.2. The molecule has 0 heterocycles. The molecule has 0 aliphatic carbocycles. The van der Waals surface area contributed by atoms with Gasteiger partial charge in [0.05, 0.1) is 6.61 Å². The lowest BCUT2D eigenvalue weighted by Crippen LogP contribution is -2.18. The van der Waals surface area contributed by atoms with Crippen molar-refractivity contribution >= 4 is 5.97 Å². The molecular weight excluding hydrogens is 224 g/mol. The van der Waals surface area contributed by atoms with E-state index in [9.17, 15) is 4.79 Å². The van der Waals surface area contributed by atoms with Gasteiger partial charge in [-0.05, 0) is 45.4 Å². The van der Waals surface area contributed by atoms with Gasteiger partial charge < -0.3 is 4.74 Å². The standard InChI is InChI=1S/C16H26O2/c1-7-16(6,11-9-10-13(3)4)12-14(5)15(17)18-8-2/h7,10H,1,5,8-9,11-12H2,2-4,6H3. The van der Waals surface area contributed by atoms with E-state index in [1.54, 1.807) is 6.92 Å². The summed E-state index contributed by atoms with van der Waals surface area (Å²) in [6.07, 6.45) is 6.66. The van der Waals surface area contributed by atoms with E-state index in [0.29, 0.717) is 18.6 Å². The lowest BCUT2D eigenvalue weighted by molar-refractivity contribution is -0.138. The number of ether oxygens (including phenoxy) is 1. The molecule has 0 aromatic heterocycles. The highest BCUT2D eigenvalue weighted by atomic mass is 16.5. The van der Waals surface area contributed by atoms with Crippen LogP contribution in [0.25, 0.3) is 0 Å². The Balaban J connectivity index is 4.47. The quantitative estimate of drug-likeness (QED) is 0.362. The second-order valence-corrected chi connectivity index (χ2v) is 5.18. The Morgan fingerprint density at radius 1 is 1.39 bits per heavy atom. The third kappa shape index (κ3) is 6.43. The van der Waals surface area contributed by atoms with E-state index >= 15 is 0 Å². The van der Waals surface area contributed by atoms with Crippen LogP contribution in [0.1, 0.15) is 47.0 Å². The molecule has 0 rings (SSSR count). The number of carbonyl (C=O) groups excluding carboxylic acids is 1. The summed E-state index contributed by atoms with van der Waals surface area (Å²) in [5, 5.41) is 0. The smallest absolute Gasteiger partial charge is 0.333 e. The van der Waals surface area contributed by atoms with Crippen molar-refractivity contribution < 1.29 is 9.53 Å². The number of allylic oxidation sites excluding steroid dienone is 3.